The molecule has 2 amide bonds. The number of imide groups is 1. The number of aromatic nitrogens is 2. The molecule has 0 aromatic carbocycles. The van der Waals surface area contributed by atoms with Crippen LogP contribution >= 0.6 is 0 Å². The van der Waals surface area contributed by atoms with Gasteiger partial charge >= 0.3 is 0 Å². The average Bonchev–Trinajstić information content (AvgIpc) is 2.70. The molecule has 0 saturated carbocycles. The Labute approximate surface area is 99.6 Å². The molecule has 0 aliphatic carbocycles. The first-order valence-corrected chi connectivity index (χ1v) is 5.63. The maximum absolute atomic E-state index is 11.8. The first kappa shape index (κ1) is 11.8. The lowest BCUT2D eigenvalue weighted by atomic mass is 10.2. The normalized spacial score (nSPS) is 21.1. The fourth-order valence-electron chi connectivity index (χ4n) is 1.86. The molecule has 6 nitrogen and oxygen atoms in total. The van der Waals surface area contributed by atoms with Crippen molar-refractivity contribution in [3.05, 3.63) is 18.2 Å². The van der Waals surface area contributed by atoms with Gasteiger partial charge in [-0.05, 0) is 6.92 Å². The van der Waals surface area contributed by atoms with E-state index in [1.165, 1.54) is 4.90 Å². The quantitative estimate of drug-likeness (QED) is 0.705. The van der Waals surface area contributed by atoms with Crippen LogP contribution in [0.4, 0.5) is 0 Å². The minimum absolute atomic E-state index is 0.157. The molecular formula is C11H16N4O2. The van der Waals surface area contributed by atoms with E-state index in [-0.39, 0.29) is 24.4 Å². The minimum Gasteiger partial charge on any atom is -0.338 e. The molecule has 1 saturated heterocycles. The van der Waals surface area contributed by atoms with Gasteiger partial charge in [-0.2, -0.15) is 0 Å². The summed E-state index contributed by atoms with van der Waals surface area (Å²) in [6, 6.07) is -0.283. The average molecular weight is 236 g/mol. The van der Waals surface area contributed by atoms with Gasteiger partial charge in [0.2, 0.25) is 11.8 Å². The van der Waals surface area contributed by atoms with Gasteiger partial charge in [-0.3, -0.25) is 19.8 Å². The van der Waals surface area contributed by atoms with Gasteiger partial charge < -0.3 is 4.57 Å². The molecule has 1 atom stereocenters. The second-order valence-electron chi connectivity index (χ2n) is 4.19. The Balaban J connectivity index is 2.00. The molecule has 6 heteroatoms. The number of amides is 2. The van der Waals surface area contributed by atoms with Crippen LogP contribution < -0.4 is 5.32 Å². The van der Waals surface area contributed by atoms with Crippen molar-refractivity contribution in [1.29, 1.82) is 0 Å². The summed E-state index contributed by atoms with van der Waals surface area (Å²) in [6.07, 6.45) is 4.15. The Hall–Kier alpha value is -1.69. The maximum Gasteiger partial charge on any atom is 0.246 e. The van der Waals surface area contributed by atoms with E-state index in [9.17, 15) is 9.59 Å². The van der Waals surface area contributed by atoms with Crippen LogP contribution in [-0.4, -0.2) is 45.4 Å². The number of piperazine rings is 1. The van der Waals surface area contributed by atoms with Crippen molar-refractivity contribution in [1.82, 2.24) is 19.8 Å². The van der Waals surface area contributed by atoms with Crippen LogP contribution in [0.1, 0.15) is 12.7 Å². The number of nitrogens with one attached hydrogen (secondary N) is 1. The highest BCUT2D eigenvalue weighted by Crippen LogP contribution is 2.05. The van der Waals surface area contributed by atoms with Gasteiger partial charge in [0.25, 0.3) is 0 Å². The fourth-order valence-corrected chi connectivity index (χ4v) is 1.86. The van der Waals surface area contributed by atoms with E-state index in [2.05, 4.69) is 10.3 Å². The predicted octanol–water partition coefficient (Wildman–Crippen LogP) is -0.690. The Morgan fingerprint density at radius 1 is 1.53 bits per heavy atom. The molecule has 1 aromatic heterocycles. The summed E-state index contributed by atoms with van der Waals surface area (Å²) in [5, 5.41) is 2.85. The van der Waals surface area contributed by atoms with E-state index < -0.39 is 0 Å². The fraction of sp³-hybridized carbons (Fsp3) is 0.545. The molecule has 2 rings (SSSR count). The molecule has 0 radical (unpaired) electrons. The molecule has 17 heavy (non-hydrogen) atoms. The zero-order chi connectivity index (χ0) is 12.4. The topological polar surface area (TPSA) is 67.2 Å². The second-order valence-corrected chi connectivity index (χ2v) is 4.19. The lowest BCUT2D eigenvalue weighted by molar-refractivity contribution is -0.148. The van der Waals surface area contributed by atoms with Crippen molar-refractivity contribution in [3.63, 3.8) is 0 Å². The standard InChI is InChI=1S/C11H16N4O2/c1-8-11(17)15(10(16)7-13-8)5-3-9-12-4-6-14(9)2/h4,6,8,13H,3,5,7H2,1-2H3. The van der Waals surface area contributed by atoms with Gasteiger partial charge in [0.05, 0.1) is 12.6 Å². The van der Waals surface area contributed by atoms with E-state index >= 15 is 0 Å². The van der Waals surface area contributed by atoms with E-state index in [0.29, 0.717) is 13.0 Å². The van der Waals surface area contributed by atoms with Crippen molar-refractivity contribution in [2.75, 3.05) is 13.1 Å². The van der Waals surface area contributed by atoms with Crippen LogP contribution in [0.25, 0.3) is 0 Å². The second kappa shape index (κ2) is 4.67. The smallest absolute Gasteiger partial charge is 0.246 e. The summed E-state index contributed by atoms with van der Waals surface area (Å²) in [5.41, 5.74) is 0. The summed E-state index contributed by atoms with van der Waals surface area (Å²) in [6.45, 7) is 2.39. The van der Waals surface area contributed by atoms with Crippen LogP contribution in [0.15, 0.2) is 12.4 Å². The summed E-state index contributed by atoms with van der Waals surface area (Å²) in [7, 11) is 1.90. The van der Waals surface area contributed by atoms with E-state index in [1.807, 2.05) is 17.8 Å². The molecule has 0 bridgehead atoms. The highest BCUT2D eigenvalue weighted by atomic mass is 16.2. The Morgan fingerprint density at radius 2 is 2.29 bits per heavy atom. The number of rotatable bonds is 3. The van der Waals surface area contributed by atoms with Gasteiger partial charge in [-0.25, -0.2) is 4.98 Å². The van der Waals surface area contributed by atoms with E-state index in [0.717, 1.165) is 5.82 Å². The third kappa shape index (κ3) is 2.36. The van der Waals surface area contributed by atoms with Gasteiger partial charge in [-0.1, -0.05) is 0 Å². The van der Waals surface area contributed by atoms with Crippen LogP contribution in [0, 0.1) is 0 Å². The molecule has 2 heterocycles. The molecule has 1 aliphatic heterocycles. The number of hydrogen-bond acceptors (Lipinski definition) is 4. The Kier molecular flexibility index (Phi) is 3.23. The SMILES string of the molecule is CC1NCC(=O)N(CCc2nccn2C)C1=O. The van der Waals surface area contributed by atoms with Crippen LogP contribution in [0.5, 0.6) is 0 Å². The maximum atomic E-state index is 11.8. The minimum atomic E-state index is -0.283. The molecule has 1 aromatic rings. The Bertz CT molecular complexity index is 440. The number of carbonyl (C=O) groups excluding carboxylic acids is 2. The Morgan fingerprint density at radius 3 is 2.94 bits per heavy atom. The van der Waals surface area contributed by atoms with Crippen LogP contribution in [0.2, 0.25) is 0 Å². The van der Waals surface area contributed by atoms with Crippen molar-refractivity contribution >= 4 is 11.8 Å². The first-order valence-electron chi connectivity index (χ1n) is 5.63. The molecular weight excluding hydrogens is 220 g/mol. The monoisotopic (exact) mass is 236 g/mol. The third-order valence-electron chi connectivity index (χ3n) is 2.98. The summed E-state index contributed by atoms with van der Waals surface area (Å²) in [4.78, 5) is 28.9. The van der Waals surface area contributed by atoms with Crippen molar-refractivity contribution in [2.45, 2.75) is 19.4 Å². The number of imidazole rings is 1. The molecule has 1 fully saturated rings. The van der Waals surface area contributed by atoms with Gasteiger partial charge in [-0.15, -0.1) is 0 Å². The van der Waals surface area contributed by atoms with E-state index in [4.69, 9.17) is 0 Å². The lowest BCUT2D eigenvalue weighted by Gasteiger charge is -2.29. The summed E-state index contributed by atoms with van der Waals surface area (Å²) < 4.78 is 1.89. The van der Waals surface area contributed by atoms with Crippen molar-refractivity contribution in [3.8, 4) is 0 Å². The van der Waals surface area contributed by atoms with Crippen LogP contribution in [-0.2, 0) is 23.1 Å². The molecule has 1 unspecified atom stereocenters. The van der Waals surface area contributed by atoms with Crippen LogP contribution in [0.3, 0.4) is 0 Å². The van der Waals surface area contributed by atoms with Crippen molar-refractivity contribution in [2.24, 2.45) is 7.05 Å². The highest BCUT2D eigenvalue weighted by molar-refractivity contribution is 6.00. The zero-order valence-electron chi connectivity index (χ0n) is 10.0. The largest absolute Gasteiger partial charge is 0.338 e. The first-order chi connectivity index (χ1) is 8.09. The lowest BCUT2D eigenvalue weighted by Crippen LogP contribution is -2.57. The zero-order valence-corrected chi connectivity index (χ0v) is 10.0. The molecule has 1 aliphatic rings. The summed E-state index contributed by atoms with van der Waals surface area (Å²) >= 11 is 0. The molecule has 0 spiro atoms. The number of carbonyl (C=O) groups is 2. The number of hydrogen-bond donors (Lipinski definition) is 1. The predicted molar refractivity (Wildman–Crippen MR) is 61.1 cm³/mol. The summed E-state index contributed by atoms with van der Waals surface area (Å²) in [5.74, 6) is 0.551. The number of aryl methyl sites for hydroxylation is 1. The van der Waals surface area contributed by atoms with E-state index in [1.54, 1.807) is 13.1 Å². The molecule has 92 valence electrons. The highest BCUT2D eigenvalue weighted by Gasteiger charge is 2.30. The van der Waals surface area contributed by atoms with Gasteiger partial charge in [0.15, 0.2) is 0 Å². The van der Waals surface area contributed by atoms with Crippen molar-refractivity contribution < 1.29 is 9.59 Å². The third-order valence-corrected chi connectivity index (χ3v) is 2.98. The van der Waals surface area contributed by atoms with Gasteiger partial charge in [0, 0.05) is 32.4 Å². The van der Waals surface area contributed by atoms with Gasteiger partial charge in [0.1, 0.15) is 5.82 Å². The number of nitrogens with zero attached hydrogens (tertiary/aromatic N) is 3. The molecule has 1 N–H and O–H groups in total.